The fourth-order valence-electron chi connectivity index (χ4n) is 3.45. The van der Waals surface area contributed by atoms with Crippen LogP contribution in [0.2, 0.25) is 0 Å². The molecule has 1 heterocycles. The molecule has 2 rings (SSSR count). The van der Waals surface area contributed by atoms with Crippen LogP contribution in [0.3, 0.4) is 0 Å². The summed E-state index contributed by atoms with van der Waals surface area (Å²) in [5.41, 5.74) is 3.52. The van der Waals surface area contributed by atoms with Crippen molar-refractivity contribution in [2.24, 2.45) is 11.3 Å². The van der Waals surface area contributed by atoms with Gasteiger partial charge in [-0.1, -0.05) is 13.8 Å². The highest BCUT2D eigenvalue weighted by atomic mass is 16.5. The van der Waals surface area contributed by atoms with Gasteiger partial charge in [0.2, 0.25) is 0 Å². The van der Waals surface area contributed by atoms with E-state index in [2.05, 4.69) is 18.8 Å². The maximum atomic E-state index is 10.6. The Morgan fingerprint density at radius 1 is 1.33 bits per heavy atom. The van der Waals surface area contributed by atoms with Crippen LogP contribution >= 0.6 is 0 Å². The molecule has 1 saturated carbocycles. The molecule has 0 radical (unpaired) electrons. The SMILES string of the molecule is COc1c(C)cnc(CC(O)C2CCC(C)(C)CC2)c1C. The number of aromatic nitrogens is 1. The third-order valence-corrected chi connectivity index (χ3v) is 5.08. The van der Waals surface area contributed by atoms with Crippen LogP contribution in [0, 0.1) is 25.2 Å². The standard InChI is InChI=1S/C18H29NO2/c1-12-11-19-15(13(2)17(12)21-5)10-16(20)14-6-8-18(3,4)9-7-14/h11,14,16,20H,6-10H2,1-5H3. The van der Waals surface area contributed by atoms with Crippen LogP contribution in [0.5, 0.6) is 5.75 Å². The molecule has 3 nitrogen and oxygen atoms in total. The van der Waals surface area contributed by atoms with E-state index in [1.807, 2.05) is 20.0 Å². The van der Waals surface area contributed by atoms with E-state index in [0.29, 0.717) is 17.8 Å². The molecule has 0 saturated heterocycles. The third-order valence-electron chi connectivity index (χ3n) is 5.08. The highest BCUT2D eigenvalue weighted by molar-refractivity contribution is 5.41. The molecule has 0 aliphatic heterocycles. The van der Waals surface area contributed by atoms with Gasteiger partial charge in [0.15, 0.2) is 0 Å². The largest absolute Gasteiger partial charge is 0.496 e. The van der Waals surface area contributed by atoms with E-state index in [1.165, 1.54) is 12.8 Å². The predicted molar refractivity (Wildman–Crippen MR) is 85.7 cm³/mol. The van der Waals surface area contributed by atoms with Gasteiger partial charge in [-0.2, -0.15) is 0 Å². The van der Waals surface area contributed by atoms with E-state index < -0.39 is 0 Å². The van der Waals surface area contributed by atoms with E-state index in [1.54, 1.807) is 7.11 Å². The van der Waals surface area contributed by atoms with E-state index in [-0.39, 0.29) is 6.10 Å². The van der Waals surface area contributed by atoms with Gasteiger partial charge in [-0.05, 0) is 50.9 Å². The minimum Gasteiger partial charge on any atom is -0.496 e. The minimum atomic E-state index is -0.292. The summed E-state index contributed by atoms with van der Waals surface area (Å²) < 4.78 is 5.45. The topological polar surface area (TPSA) is 42.4 Å². The lowest BCUT2D eigenvalue weighted by molar-refractivity contribution is 0.0569. The van der Waals surface area contributed by atoms with Crippen molar-refractivity contribution in [2.75, 3.05) is 7.11 Å². The first-order valence-electron chi connectivity index (χ1n) is 8.01. The summed E-state index contributed by atoms with van der Waals surface area (Å²) in [6, 6.07) is 0. The molecule has 1 aromatic heterocycles. The quantitative estimate of drug-likeness (QED) is 0.917. The molecular formula is C18H29NO2. The van der Waals surface area contributed by atoms with Crippen molar-refractivity contribution in [1.29, 1.82) is 0 Å². The molecular weight excluding hydrogens is 262 g/mol. The van der Waals surface area contributed by atoms with Gasteiger partial charge < -0.3 is 9.84 Å². The van der Waals surface area contributed by atoms with E-state index >= 15 is 0 Å². The number of aliphatic hydroxyl groups excluding tert-OH is 1. The van der Waals surface area contributed by atoms with Gasteiger partial charge in [-0.15, -0.1) is 0 Å². The van der Waals surface area contributed by atoms with Crippen molar-refractivity contribution >= 4 is 0 Å². The monoisotopic (exact) mass is 291 g/mol. The van der Waals surface area contributed by atoms with Gasteiger partial charge >= 0.3 is 0 Å². The molecule has 21 heavy (non-hydrogen) atoms. The summed E-state index contributed by atoms with van der Waals surface area (Å²) in [4.78, 5) is 4.51. The van der Waals surface area contributed by atoms with Crippen molar-refractivity contribution in [3.8, 4) is 5.75 Å². The Labute approximate surface area is 128 Å². The summed E-state index contributed by atoms with van der Waals surface area (Å²) in [6.07, 6.45) is 6.84. The molecule has 0 spiro atoms. The maximum absolute atomic E-state index is 10.6. The zero-order valence-corrected chi connectivity index (χ0v) is 14.1. The second-order valence-corrected chi connectivity index (χ2v) is 7.32. The molecule has 3 heteroatoms. The van der Waals surface area contributed by atoms with Crippen LogP contribution in [-0.4, -0.2) is 23.3 Å². The van der Waals surface area contributed by atoms with Gasteiger partial charge in [0.05, 0.1) is 13.2 Å². The van der Waals surface area contributed by atoms with Crippen molar-refractivity contribution in [1.82, 2.24) is 4.98 Å². The molecule has 0 bridgehead atoms. The zero-order valence-electron chi connectivity index (χ0n) is 14.1. The van der Waals surface area contributed by atoms with Gasteiger partial charge in [0.1, 0.15) is 5.75 Å². The first-order valence-corrected chi connectivity index (χ1v) is 8.01. The van der Waals surface area contributed by atoms with E-state index in [9.17, 15) is 5.11 Å². The molecule has 1 aliphatic carbocycles. The van der Waals surface area contributed by atoms with Crippen LogP contribution in [0.1, 0.15) is 56.4 Å². The molecule has 0 amide bonds. The van der Waals surface area contributed by atoms with Gasteiger partial charge in [0, 0.05) is 29.4 Å². The first-order chi connectivity index (χ1) is 9.84. The molecule has 1 unspecified atom stereocenters. The zero-order chi connectivity index (χ0) is 15.6. The Morgan fingerprint density at radius 2 is 1.95 bits per heavy atom. The maximum Gasteiger partial charge on any atom is 0.128 e. The fraction of sp³-hybridized carbons (Fsp3) is 0.722. The Balaban J connectivity index is 2.05. The van der Waals surface area contributed by atoms with E-state index in [0.717, 1.165) is 35.4 Å². The van der Waals surface area contributed by atoms with Crippen molar-refractivity contribution < 1.29 is 9.84 Å². The van der Waals surface area contributed by atoms with Crippen LogP contribution < -0.4 is 4.74 Å². The van der Waals surface area contributed by atoms with Crippen LogP contribution in [-0.2, 0) is 6.42 Å². The van der Waals surface area contributed by atoms with Crippen molar-refractivity contribution in [2.45, 2.75) is 65.9 Å². The Kier molecular flexibility index (Phi) is 4.92. The number of ether oxygens (including phenoxy) is 1. The van der Waals surface area contributed by atoms with Gasteiger partial charge in [0.25, 0.3) is 0 Å². The number of pyridine rings is 1. The number of hydrogen-bond donors (Lipinski definition) is 1. The first kappa shape index (κ1) is 16.3. The lowest BCUT2D eigenvalue weighted by atomic mass is 9.71. The molecule has 1 fully saturated rings. The summed E-state index contributed by atoms with van der Waals surface area (Å²) in [6.45, 7) is 8.69. The summed E-state index contributed by atoms with van der Waals surface area (Å²) in [5, 5.41) is 10.6. The molecule has 1 N–H and O–H groups in total. The number of hydrogen-bond acceptors (Lipinski definition) is 3. The van der Waals surface area contributed by atoms with Crippen LogP contribution in [0.25, 0.3) is 0 Å². The second-order valence-electron chi connectivity index (χ2n) is 7.32. The molecule has 1 aliphatic rings. The number of aliphatic hydroxyl groups is 1. The average molecular weight is 291 g/mol. The highest BCUT2D eigenvalue weighted by Crippen LogP contribution is 2.39. The second kappa shape index (κ2) is 6.35. The Hall–Kier alpha value is -1.09. The summed E-state index contributed by atoms with van der Waals surface area (Å²) in [7, 11) is 1.69. The number of aryl methyl sites for hydroxylation is 1. The lowest BCUT2D eigenvalue weighted by Crippen LogP contribution is -2.30. The van der Waals surface area contributed by atoms with Crippen LogP contribution in [0.15, 0.2) is 6.20 Å². The van der Waals surface area contributed by atoms with Crippen LogP contribution in [0.4, 0.5) is 0 Å². The Bertz CT molecular complexity index is 486. The third kappa shape index (κ3) is 3.76. The highest BCUT2D eigenvalue weighted by Gasteiger charge is 2.31. The number of nitrogens with zero attached hydrogens (tertiary/aromatic N) is 1. The lowest BCUT2D eigenvalue weighted by Gasteiger charge is -2.36. The molecule has 1 atom stereocenters. The van der Waals surface area contributed by atoms with Gasteiger partial charge in [-0.3, -0.25) is 4.98 Å². The van der Waals surface area contributed by atoms with Gasteiger partial charge in [-0.25, -0.2) is 0 Å². The summed E-state index contributed by atoms with van der Waals surface area (Å²) in [5.74, 6) is 1.31. The molecule has 118 valence electrons. The smallest absolute Gasteiger partial charge is 0.128 e. The van der Waals surface area contributed by atoms with Crippen molar-refractivity contribution in [3.63, 3.8) is 0 Å². The summed E-state index contributed by atoms with van der Waals surface area (Å²) >= 11 is 0. The normalized spacial score (nSPS) is 20.3. The fourth-order valence-corrected chi connectivity index (χ4v) is 3.45. The Morgan fingerprint density at radius 3 is 2.52 bits per heavy atom. The molecule has 1 aromatic rings. The minimum absolute atomic E-state index is 0.292. The predicted octanol–water partition coefficient (Wildman–Crippen LogP) is 3.83. The van der Waals surface area contributed by atoms with Crippen molar-refractivity contribution in [3.05, 3.63) is 23.0 Å². The van der Waals surface area contributed by atoms with E-state index in [4.69, 9.17) is 4.74 Å². The molecule has 0 aromatic carbocycles. The number of rotatable bonds is 4. The number of methoxy groups -OCH3 is 1. The average Bonchev–Trinajstić information content (AvgIpc) is 2.42.